The molecule has 2 aromatic rings. The van der Waals surface area contributed by atoms with Crippen LogP contribution in [0.5, 0.6) is 5.75 Å². The van der Waals surface area contributed by atoms with Crippen LogP contribution >= 0.6 is 11.6 Å². The number of benzene rings is 1. The highest BCUT2D eigenvalue weighted by atomic mass is 35.5. The fraction of sp³-hybridized carbons (Fsp3) is 0.133. The average Bonchev–Trinajstić information content (AvgIpc) is 2.50. The minimum absolute atomic E-state index is 0.338. The highest BCUT2D eigenvalue weighted by Crippen LogP contribution is 2.16. The van der Waals surface area contributed by atoms with Gasteiger partial charge in [0.05, 0.1) is 6.21 Å². The number of amides is 1. The Kier molecular flexibility index (Phi) is 5.29. The van der Waals surface area contributed by atoms with Crippen LogP contribution in [0.15, 0.2) is 53.9 Å². The van der Waals surface area contributed by atoms with E-state index in [2.05, 4.69) is 15.5 Å². The standard InChI is InChI=1S/C15H14ClN3O2/c1-11(21-14-4-2-13(16)3-5-14)15(20)19-18-10-12-6-8-17-9-7-12/h2-11H,1H3,(H,19,20)/b18-10-/t11-/m1/s1. The number of hydrogen-bond acceptors (Lipinski definition) is 4. The van der Waals surface area contributed by atoms with E-state index in [1.54, 1.807) is 55.7 Å². The van der Waals surface area contributed by atoms with Gasteiger partial charge in [0.1, 0.15) is 5.75 Å². The summed E-state index contributed by atoms with van der Waals surface area (Å²) < 4.78 is 5.48. The van der Waals surface area contributed by atoms with Crippen molar-refractivity contribution in [3.05, 3.63) is 59.4 Å². The van der Waals surface area contributed by atoms with Gasteiger partial charge in [0.25, 0.3) is 5.91 Å². The van der Waals surface area contributed by atoms with Gasteiger partial charge >= 0.3 is 0 Å². The van der Waals surface area contributed by atoms with E-state index in [0.717, 1.165) is 5.56 Å². The molecular formula is C15H14ClN3O2. The fourth-order valence-electron chi connectivity index (χ4n) is 1.48. The Hall–Kier alpha value is -2.40. The number of carbonyl (C=O) groups is 1. The van der Waals surface area contributed by atoms with E-state index in [0.29, 0.717) is 10.8 Å². The molecule has 1 atom stereocenters. The van der Waals surface area contributed by atoms with Crippen LogP contribution in [0.1, 0.15) is 12.5 Å². The highest BCUT2D eigenvalue weighted by molar-refractivity contribution is 6.30. The SMILES string of the molecule is C[C@@H](Oc1ccc(Cl)cc1)C(=O)N/N=C\c1ccncc1. The quantitative estimate of drug-likeness (QED) is 0.682. The number of nitrogens with zero attached hydrogens (tertiary/aromatic N) is 2. The molecule has 1 heterocycles. The average molecular weight is 304 g/mol. The molecule has 1 N–H and O–H groups in total. The third kappa shape index (κ3) is 4.89. The maximum Gasteiger partial charge on any atom is 0.280 e. The molecule has 6 heteroatoms. The molecule has 0 radical (unpaired) electrons. The zero-order chi connectivity index (χ0) is 15.1. The number of hydrogen-bond donors (Lipinski definition) is 1. The molecule has 1 aromatic carbocycles. The van der Waals surface area contributed by atoms with Crippen molar-refractivity contribution in [3.63, 3.8) is 0 Å². The van der Waals surface area contributed by atoms with E-state index in [1.165, 1.54) is 6.21 Å². The van der Waals surface area contributed by atoms with Gasteiger partial charge in [0, 0.05) is 17.4 Å². The fourth-order valence-corrected chi connectivity index (χ4v) is 1.61. The van der Waals surface area contributed by atoms with Gasteiger partial charge in [-0.15, -0.1) is 0 Å². The summed E-state index contributed by atoms with van der Waals surface area (Å²) in [7, 11) is 0. The van der Waals surface area contributed by atoms with Crippen molar-refractivity contribution in [3.8, 4) is 5.75 Å². The first-order valence-corrected chi connectivity index (χ1v) is 6.68. The van der Waals surface area contributed by atoms with Crippen LogP contribution in [0, 0.1) is 0 Å². The summed E-state index contributed by atoms with van der Waals surface area (Å²) in [5, 5.41) is 4.48. The second kappa shape index (κ2) is 7.40. The van der Waals surface area contributed by atoms with Crippen LogP contribution in [0.2, 0.25) is 5.02 Å². The van der Waals surface area contributed by atoms with Crippen LogP contribution in [-0.2, 0) is 4.79 Å². The van der Waals surface area contributed by atoms with Crippen LogP contribution in [0.4, 0.5) is 0 Å². The van der Waals surface area contributed by atoms with Crippen LogP contribution < -0.4 is 10.2 Å². The summed E-state index contributed by atoms with van der Waals surface area (Å²) in [5.41, 5.74) is 3.27. The second-order valence-corrected chi connectivity index (χ2v) is 4.67. The smallest absolute Gasteiger partial charge is 0.280 e. The highest BCUT2D eigenvalue weighted by Gasteiger charge is 2.13. The number of hydrazone groups is 1. The van der Waals surface area contributed by atoms with E-state index in [4.69, 9.17) is 16.3 Å². The number of rotatable bonds is 5. The van der Waals surface area contributed by atoms with Gasteiger partial charge in [-0.1, -0.05) is 11.6 Å². The number of pyridine rings is 1. The van der Waals surface area contributed by atoms with Crippen LogP contribution in [-0.4, -0.2) is 23.2 Å². The Balaban J connectivity index is 1.85. The van der Waals surface area contributed by atoms with Crippen molar-refractivity contribution < 1.29 is 9.53 Å². The number of nitrogens with one attached hydrogen (secondary N) is 1. The van der Waals surface area contributed by atoms with Gasteiger partial charge < -0.3 is 4.74 Å². The number of carbonyl (C=O) groups excluding carboxylic acids is 1. The first-order valence-electron chi connectivity index (χ1n) is 6.30. The zero-order valence-electron chi connectivity index (χ0n) is 11.4. The number of aromatic nitrogens is 1. The molecule has 0 fully saturated rings. The summed E-state index contributed by atoms with van der Waals surface area (Å²) >= 11 is 5.78. The normalized spacial score (nSPS) is 12.1. The first-order chi connectivity index (χ1) is 10.1. The summed E-state index contributed by atoms with van der Waals surface area (Å²) in [5.74, 6) is 0.232. The van der Waals surface area contributed by atoms with Gasteiger partial charge in [-0.05, 0) is 48.9 Å². The molecule has 0 bridgehead atoms. The molecular weight excluding hydrogens is 290 g/mol. The Bertz CT molecular complexity index is 615. The lowest BCUT2D eigenvalue weighted by Gasteiger charge is -2.12. The monoisotopic (exact) mass is 303 g/mol. The largest absolute Gasteiger partial charge is 0.481 e. The molecule has 1 aromatic heterocycles. The summed E-state index contributed by atoms with van der Waals surface area (Å²) in [4.78, 5) is 15.7. The van der Waals surface area contributed by atoms with Gasteiger partial charge in [-0.3, -0.25) is 9.78 Å². The maximum atomic E-state index is 11.8. The predicted molar refractivity (Wildman–Crippen MR) is 81.5 cm³/mol. The third-order valence-electron chi connectivity index (χ3n) is 2.59. The summed E-state index contributed by atoms with van der Waals surface area (Å²) in [6.07, 6.45) is 4.17. The summed E-state index contributed by atoms with van der Waals surface area (Å²) in [6, 6.07) is 10.4. The molecule has 2 rings (SSSR count). The van der Waals surface area contributed by atoms with Crippen molar-refractivity contribution >= 4 is 23.7 Å². The maximum absolute atomic E-state index is 11.8. The lowest BCUT2D eigenvalue weighted by Crippen LogP contribution is -2.33. The van der Waals surface area contributed by atoms with Crippen LogP contribution in [0.3, 0.4) is 0 Å². The van der Waals surface area contributed by atoms with E-state index in [9.17, 15) is 4.79 Å². The minimum atomic E-state index is -0.666. The molecule has 0 aliphatic heterocycles. The van der Waals surface area contributed by atoms with E-state index >= 15 is 0 Å². The van der Waals surface area contributed by atoms with Gasteiger partial charge in [-0.25, -0.2) is 5.43 Å². The molecule has 1 amide bonds. The van der Waals surface area contributed by atoms with E-state index < -0.39 is 6.10 Å². The lowest BCUT2D eigenvalue weighted by molar-refractivity contribution is -0.127. The second-order valence-electron chi connectivity index (χ2n) is 4.23. The Morgan fingerprint density at radius 3 is 2.62 bits per heavy atom. The third-order valence-corrected chi connectivity index (χ3v) is 2.84. The van der Waals surface area contributed by atoms with E-state index in [-0.39, 0.29) is 5.91 Å². The topological polar surface area (TPSA) is 63.6 Å². The lowest BCUT2D eigenvalue weighted by atomic mass is 10.3. The number of ether oxygens (including phenoxy) is 1. The van der Waals surface area contributed by atoms with Crippen molar-refractivity contribution in [2.45, 2.75) is 13.0 Å². The molecule has 0 saturated carbocycles. The molecule has 108 valence electrons. The Labute approximate surface area is 127 Å². The van der Waals surface area contributed by atoms with Gasteiger partial charge in [0.2, 0.25) is 0 Å². The molecule has 0 spiro atoms. The van der Waals surface area contributed by atoms with E-state index in [1.807, 2.05) is 0 Å². The van der Waals surface area contributed by atoms with Gasteiger partial charge in [-0.2, -0.15) is 5.10 Å². The molecule has 0 unspecified atom stereocenters. The number of halogens is 1. The van der Waals surface area contributed by atoms with Crippen molar-refractivity contribution in [1.29, 1.82) is 0 Å². The predicted octanol–water partition coefficient (Wildman–Crippen LogP) is 2.65. The van der Waals surface area contributed by atoms with Crippen molar-refractivity contribution in [1.82, 2.24) is 10.4 Å². The molecule has 21 heavy (non-hydrogen) atoms. The van der Waals surface area contributed by atoms with Gasteiger partial charge in [0.15, 0.2) is 6.10 Å². The molecule has 0 aliphatic carbocycles. The van der Waals surface area contributed by atoms with Crippen LogP contribution in [0.25, 0.3) is 0 Å². The first kappa shape index (κ1) is 15.0. The van der Waals surface area contributed by atoms with Crippen molar-refractivity contribution in [2.75, 3.05) is 0 Å². The Morgan fingerprint density at radius 2 is 1.95 bits per heavy atom. The molecule has 5 nitrogen and oxygen atoms in total. The molecule has 0 aliphatic rings. The summed E-state index contributed by atoms with van der Waals surface area (Å²) in [6.45, 7) is 1.64. The molecule has 0 saturated heterocycles. The Morgan fingerprint density at radius 1 is 1.29 bits per heavy atom. The zero-order valence-corrected chi connectivity index (χ0v) is 12.1. The van der Waals surface area contributed by atoms with Crippen molar-refractivity contribution in [2.24, 2.45) is 5.10 Å². The minimum Gasteiger partial charge on any atom is -0.481 e.